The van der Waals surface area contributed by atoms with E-state index in [0.29, 0.717) is 48.4 Å². The molecule has 5 heteroatoms. The van der Waals surface area contributed by atoms with E-state index in [9.17, 15) is 9.59 Å². The molecule has 5 nitrogen and oxygen atoms in total. The Balaban J connectivity index is 1.34. The van der Waals surface area contributed by atoms with Crippen LogP contribution < -0.4 is 0 Å². The van der Waals surface area contributed by atoms with E-state index in [0.717, 1.165) is 51.2 Å². The van der Waals surface area contributed by atoms with Gasteiger partial charge in [0.15, 0.2) is 5.79 Å². The average Bonchev–Trinajstić information content (AvgIpc) is 3.49. The van der Waals surface area contributed by atoms with Crippen molar-refractivity contribution < 1.29 is 23.8 Å². The van der Waals surface area contributed by atoms with Gasteiger partial charge in [-0.2, -0.15) is 0 Å². The molecule has 6 rings (SSSR count). The molecule has 9 atom stereocenters. The van der Waals surface area contributed by atoms with Crippen molar-refractivity contribution in [3.05, 3.63) is 35.9 Å². The molecule has 4 saturated carbocycles. The van der Waals surface area contributed by atoms with Crippen LogP contribution in [0.2, 0.25) is 0 Å². The zero-order chi connectivity index (χ0) is 25.1. The van der Waals surface area contributed by atoms with Gasteiger partial charge in [0.25, 0.3) is 0 Å². The lowest BCUT2D eigenvalue weighted by Crippen LogP contribution is -2.60. The van der Waals surface area contributed by atoms with E-state index in [1.54, 1.807) is 0 Å². The van der Waals surface area contributed by atoms with Crippen LogP contribution in [0.1, 0.15) is 82.5 Å². The van der Waals surface area contributed by atoms with Gasteiger partial charge in [-0.25, -0.2) is 4.79 Å². The number of ether oxygens (including phenoxy) is 3. The minimum absolute atomic E-state index is 0.0833. The maximum absolute atomic E-state index is 13.3. The Hall–Kier alpha value is -1.72. The number of carbonyl (C=O) groups excluding carboxylic acids is 2. The fourth-order valence-corrected chi connectivity index (χ4v) is 9.80. The standard InChI is InChI=1S/C31H42O5/c1-20(19-32)23-9-10-24-27-25(11-12-30(23,24)3)29(2)13-14-31(34-15-16-35-31)18-22(29)17-26(27)36-28(33)21-7-5-4-6-8-21/h4-8,19-20,22-27H,9-18H2,1-3H3/t20-,22+,23-,24?,25?,26?,27?,29+,30-/m1/s1. The molecule has 1 aromatic rings. The number of hydrogen-bond donors (Lipinski definition) is 0. The molecule has 1 aromatic carbocycles. The fourth-order valence-electron chi connectivity index (χ4n) is 9.80. The summed E-state index contributed by atoms with van der Waals surface area (Å²) in [5.41, 5.74) is 0.967. The van der Waals surface area contributed by atoms with Crippen LogP contribution in [0.15, 0.2) is 30.3 Å². The third-order valence-electron chi connectivity index (χ3n) is 11.7. The van der Waals surface area contributed by atoms with E-state index in [4.69, 9.17) is 14.2 Å². The average molecular weight is 495 g/mol. The molecule has 5 aliphatic rings. The maximum Gasteiger partial charge on any atom is 0.338 e. The second-order valence-corrected chi connectivity index (χ2v) is 13.1. The topological polar surface area (TPSA) is 61.8 Å². The predicted molar refractivity (Wildman–Crippen MR) is 136 cm³/mol. The van der Waals surface area contributed by atoms with Crippen LogP contribution in [0, 0.1) is 46.3 Å². The van der Waals surface area contributed by atoms with Crippen LogP contribution in [0.4, 0.5) is 0 Å². The summed E-state index contributed by atoms with van der Waals surface area (Å²) >= 11 is 0. The summed E-state index contributed by atoms with van der Waals surface area (Å²) in [6.45, 7) is 8.41. The monoisotopic (exact) mass is 494 g/mol. The molecule has 5 fully saturated rings. The van der Waals surface area contributed by atoms with Crippen molar-refractivity contribution in [1.29, 1.82) is 0 Å². The molecule has 1 aliphatic heterocycles. The SMILES string of the molecule is C[C@H](C=O)[C@H]1CCC2C3C(OC(=O)c4ccccc4)C[C@H]4CC5(CC[C@]4(C)C3CC[C@@]21C)OCCO5. The number of carbonyl (C=O) groups is 2. The van der Waals surface area contributed by atoms with E-state index in [2.05, 4.69) is 20.8 Å². The van der Waals surface area contributed by atoms with E-state index >= 15 is 0 Å². The smallest absolute Gasteiger partial charge is 0.338 e. The van der Waals surface area contributed by atoms with Crippen molar-refractivity contribution in [2.75, 3.05) is 13.2 Å². The number of benzene rings is 1. The first-order valence-corrected chi connectivity index (χ1v) is 14.3. The first-order valence-electron chi connectivity index (χ1n) is 14.3. The summed E-state index contributed by atoms with van der Waals surface area (Å²) in [6.07, 6.45) is 9.47. The number of fused-ring (bicyclic) bond motifs is 5. The van der Waals surface area contributed by atoms with Crippen molar-refractivity contribution in [1.82, 2.24) is 0 Å². The molecular formula is C31H42O5. The van der Waals surface area contributed by atoms with E-state index in [1.165, 1.54) is 6.42 Å². The lowest BCUT2D eigenvalue weighted by atomic mass is 9.43. The minimum Gasteiger partial charge on any atom is -0.458 e. The van der Waals surface area contributed by atoms with Gasteiger partial charge in [-0.1, -0.05) is 39.0 Å². The van der Waals surface area contributed by atoms with Gasteiger partial charge in [0.2, 0.25) is 0 Å². The van der Waals surface area contributed by atoms with Gasteiger partial charge in [0.1, 0.15) is 12.4 Å². The number of rotatable bonds is 4. The molecule has 4 unspecified atom stereocenters. The minimum atomic E-state index is -0.438. The lowest BCUT2D eigenvalue weighted by Gasteiger charge is -2.63. The van der Waals surface area contributed by atoms with Crippen molar-refractivity contribution in [3.63, 3.8) is 0 Å². The van der Waals surface area contributed by atoms with E-state index in [-0.39, 0.29) is 28.8 Å². The predicted octanol–water partition coefficient (Wildman–Crippen LogP) is 6.06. The van der Waals surface area contributed by atoms with Gasteiger partial charge in [-0.15, -0.1) is 0 Å². The van der Waals surface area contributed by atoms with Crippen LogP contribution in [-0.4, -0.2) is 37.4 Å². The molecule has 1 spiro atoms. The summed E-state index contributed by atoms with van der Waals surface area (Å²) in [5.74, 6) is 1.63. The van der Waals surface area contributed by atoms with Gasteiger partial charge in [-0.3, -0.25) is 0 Å². The van der Waals surface area contributed by atoms with E-state index < -0.39 is 5.79 Å². The third-order valence-corrected chi connectivity index (χ3v) is 11.7. The maximum atomic E-state index is 13.3. The molecule has 0 N–H and O–H groups in total. The highest BCUT2D eigenvalue weighted by molar-refractivity contribution is 5.89. The first-order chi connectivity index (χ1) is 17.3. The number of hydrogen-bond acceptors (Lipinski definition) is 5. The first kappa shape index (κ1) is 24.6. The largest absolute Gasteiger partial charge is 0.458 e. The highest BCUT2D eigenvalue weighted by Gasteiger charge is 2.65. The zero-order valence-corrected chi connectivity index (χ0v) is 22.1. The van der Waals surface area contributed by atoms with Crippen LogP contribution in [-0.2, 0) is 19.0 Å². The third kappa shape index (κ3) is 3.71. The highest BCUT2D eigenvalue weighted by atomic mass is 16.7. The Morgan fingerprint density at radius 1 is 1.00 bits per heavy atom. The van der Waals surface area contributed by atoms with Crippen molar-refractivity contribution in [2.24, 2.45) is 46.3 Å². The summed E-state index contributed by atoms with van der Waals surface area (Å²) in [5, 5.41) is 0. The Morgan fingerprint density at radius 2 is 1.72 bits per heavy atom. The Kier molecular flexibility index (Phi) is 6.11. The number of esters is 1. The molecule has 0 aromatic heterocycles. The molecule has 4 aliphatic carbocycles. The summed E-state index contributed by atoms with van der Waals surface area (Å²) in [7, 11) is 0. The molecular weight excluding hydrogens is 452 g/mol. The molecule has 196 valence electrons. The summed E-state index contributed by atoms with van der Waals surface area (Å²) < 4.78 is 18.8. The van der Waals surface area contributed by atoms with Crippen LogP contribution in [0.25, 0.3) is 0 Å². The fraction of sp³-hybridized carbons (Fsp3) is 0.742. The second kappa shape index (κ2) is 8.94. The van der Waals surface area contributed by atoms with Gasteiger partial charge in [0.05, 0.1) is 18.8 Å². The highest BCUT2D eigenvalue weighted by Crippen LogP contribution is 2.69. The van der Waals surface area contributed by atoms with Crippen molar-refractivity contribution in [3.8, 4) is 0 Å². The molecule has 0 radical (unpaired) electrons. The Labute approximate surface area is 215 Å². The summed E-state index contributed by atoms with van der Waals surface area (Å²) in [6, 6.07) is 9.44. The quantitative estimate of drug-likeness (QED) is 0.376. The summed E-state index contributed by atoms with van der Waals surface area (Å²) in [4.78, 5) is 25.2. The van der Waals surface area contributed by atoms with Crippen molar-refractivity contribution in [2.45, 2.75) is 84.0 Å². The van der Waals surface area contributed by atoms with Gasteiger partial charge in [-0.05, 0) is 85.2 Å². The Morgan fingerprint density at radius 3 is 2.44 bits per heavy atom. The molecule has 0 bridgehead atoms. The molecule has 36 heavy (non-hydrogen) atoms. The lowest BCUT2D eigenvalue weighted by molar-refractivity contribution is -0.242. The molecule has 0 amide bonds. The van der Waals surface area contributed by atoms with Gasteiger partial charge < -0.3 is 19.0 Å². The Bertz CT molecular complexity index is 986. The second-order valence-electron chi connectivity index (χ2n) is 13.1. The molecule has 1 heterocycles. The normalized spacial score (nSPS) is 43.8. The zero-order valence-electron chi connectivity index (χ0n) is 22.1. The van der Waals surface area contributed by atoms with Crippen molar-refractivity contribution >= 4 is 12.3 Å². The van der Waals surface area contributed by atoms with Crippen LogP contribution >= 0.6 is 0 Å². The molecule has 1 saturated heterocycles. The number of aldehydes is 1. The van der Waals surface area contributed by atoms with Gasteiger partial charge >= 0.3 is 5.97 Å². The van der Waals surface area contributed by atoms with Crippen LogP contribution in [0.5, 0.6) is 0 Å². The van der Waals surface area contributed by atoms with E-state index in [1.807, 2.05) is 30.3 Å². The van der Waals surface area contributed by atoms with Gasteiger partial charge in [0, 0.05) is 24.7 Å². The van der Waals surface area contributed by atoms with Crippen LogP contribution in [0.3, 0.4) is 0 Å².